The lowest BCUT2D eigenvalue weighted by molar-refractivity contribution is -0.148. The second kappa shape index (κ2) is 5.62. The third kappa shape index (κ3) is 2.98. The number of carbonyl (C=O) groups is 1. The van der Waals surface area contributed by atoms with Gasteiger partial charge in [0.2, 0.25) is 0 Å². The zero-order chi connectivity index (χ0) is 14.8. The molecule has 0 radical (unpaired) electrons. The maximum absolute atomic E-state index is 12.9. The van der Waals surface area contributed by atoms with Crippen LogP contribution in [0.2, 0.25) is 0 Å². The molecule has 1 aliphatic rings. The molecule has 0 unspecified atom stereocenters. The Morgan fingerprint density at radius 2 is 1.90 bits per heavy atom. The number of halogens is 3. The highest BCUT2D eigenvalue weighted by Gasteiger charge is 2.44. The van der Waals surface area contributed by atoms with Crippen LogP contribution in [-0.4, -0.2) is 19.3 Å². The van der Waals surface area contributed by atoms with Gasteiger partial charge < -0.3 is 9.47 Å². The second-order valence-corrected chi connectivity index (χ2v) is 4.56. The Bertz CT molecular complexity index is 576. The lowest BCUT2D eigenvalue weighted by atomic mass is 10.2. The molecule has 1 aromatic rings. The first-order valence-corrected chi connectivity index (χ1v) is 6.31. The van der Waals surface area contributed by atoms with Gasteiger partial charge in [-0.25, -0.2) is 4.79 Å². The molecular weight excluding hydrogens is 293 g/mol. The Morgan fingerprint density at radius 3 is 2.45 bits per heavy atom. The van der Waals surface area contributed by atoms with E-state index < -0.39 is 22.8 Å². The molecular formula is C13H9F3O3S. The van der Waals surface area contributed by atoms with E-state index in [0.717, 1.165) is 7.11 Å². The summed E-state index contributed by atoms with van der Waals surface area (Å²) in [6.07, 6.45) is -4.84. The maximum Gasteiger partial charge on any atom is 0.427 e. The van der Waals surface area contributed by atoms with Gasteiger partial charge in [0.05, 0.1) is 7.11 Å². The summed E-state index contributed by atoms with van der Waals surface area (Å²) >= 11 is 0.699. The molecule has 0 atom stereocenters. The lowest BCUT2D eigenvalue weighted by Crippen LogP contribution is -2.23. The van der Waals surface area contributed by atoms with Crippen LogP contribution >= 0.6 is 11.8 Å². The summed E-state index contributed by atoms with van der Waals surface area (Å²) in [4.78, 5) is 11.3. The fraction of sp³-hybridized carbons (Fsp3) is 0.154. The van der Waals surface area contributed by atoms with E-state index >= 15 is 0 Å². The molecule has 0 amide bonds. The normalized spacial score (nSPS) is 17.3. The van der Waals surface area contributed by atoms with Crippen LogP contribution in [-0.2, 0) is 14.3 Å². The Labute approximate surface area is 117 Å². The van der Waals surface area contributed by atoms with Crippen LogP contribution in [0.4, 0.5) is 13.2 Å². The Morgan fingerprint density at radius 1 is 1.25 bits per heavy atom. The third-order valence-electron chi connectivity index (χ3n) is 2.41. The highest BCUT2D eigenvalue weighted by Crippen LogP contribution is 2.42. The van der Waals surface area contributed by atoms with Crippen LogP contribution in [0.3, 0.4) is 0 Å². The van der Waals surface area contributed by atoms with Crippen molar-refractivity contribution < 1.29 is 27.4 Å². The number of esters is 1. The Kier molecular flexibility index (Phi) is 4.08. The predicted molar refractivity (Wildman–Crippen MR) is 68.2 cm³/mol. The lowest BCUT2D eigenvalue weighted by Gasteiger charge is -2.12. The monoisotopic (exact) mass is 302 g/mol. The average molecular weight is 302 g/mol. The van der Waals surface area contributed by atoms with E-state index in [-0.39, 0.29) is 5.76 Å². The third-order valence-corrected chi connectivity index (χ3v) is 3.24. The van der Waals surface area contributed by atoms with E-state index in [9.17, 15) is 18.0 Å². The van der Waals surface area contributed by atoms with Gasteiger partial charge in [-0.2, -0.15) is 13.2 Å². The van der Waals surface area contributed by atoms with Crippen molar-refractivity contribution in [2.75, 3.05) is 7.11 Å². The van der Waals surface area contributed by atoms with Crippen LogP contribution in [0.5, 0.6) is 0 Å². The zero-order valence-corrected chi connectivity index (χ0v) is 11.0. The smallest absolute Gasteiger partial charge is 0.427 e. The summed E-state index contributed by atoms with van der Waals surface area (Å²) in [5, 5.41) is 0.891. The van der Waals surface area contributed by atoms with Crippen LogP contribution in [0.1, 0.15) is 5.56 Å². The fourth-order valence-corrected chi connectivity index (χ4v) is 2.36. The van der Waals surface area contributed by atoms with Crippen LogP contribution in [0, 0.1) is 0 Å². The number of benzene rings is 1. The molecule has 1 heterocycles. The maximum atomic E-state index is 12.9. The standard InChI is InChI=1S/C13H9F3O3S/c1-18-11(17)10(13(14,15)16)12-19-9(7-20-12)8-5-3-2-4-6-8/h2-7H,1H3/b12-10-. The molecule has 0 N–H and O–H groups in total. The van der Waals surface area contributed by atoms with Gasteiger partial charge in [-0.15, -0.1) is 0 Å². The summed E-state index contributed by atoms with van der Waals surface area (Å²) in [6, 6.07) is 8.63. The molecule has 0 spiro atoms. The first kappa shape index (κ1) is 14.5. The number of thioether (sulfide) groups is 1. The molecule has 3 nitrogen and oxygen atoms in total. The molecule has 0 aromatic heterocycles. The van der Waals surface area contributed by atoms with Crippen molar-refractivity contribution in [1.29, 1.82) is 0 Å². The predicted octanol–water partition coefficient (Wildman–Crippen LogP) is 3.70. The summed E-state index contributed by atoms with van der Waals surface area (Å²) in [6.45, 7) is 0. The Hall–Kier alpha value is -1.89. The van der Waals surface area contributed by atoms with Crippen molar-refractivity contribution in [3.8, 4) is 0 Å². The second-order valence-electron chi connectivity index (χ2n) is 3.72. The first-order chi connectivity index (χ1) is 9.43. The summed E-state index contributed by atoms with van der Waals surface area (Å²) in [5.74, 6) is -1.21. The van der Waals surface area contributed by atoms with Crippen LogP contribution in [0.25, 0.3) is 5.76 Å². The van der Waals surface area contributed by atoms with Crippen molar-refractivity contribution in [1.82, 2.24) is 0 Å². The summed E-state index contributed by atoms with van der Waals surface area (Å²) in [5.41, 5.74) is -0.812. The molecule has 106 valence electrons. The number of carbonyl (C=O) groups excluding carboxylic acids is 1. The largest absolute Gasteiger partial charge is 0.465 e. The molecule has 1 aromatic carbocycles. The topological polar surface area (TPSA) is 35.5 Å². The van der Waals surface area contributed by atoms with E-state index in [0.29, 0.717) is 17.3 Å². The van der Waals surface area contributed by atoms with Gasteiger partial charge in [-0.1, -0.05) is 42.1 Å². The minimum Gasteiger partial charge on any atom is -0.465 e. The summed E-state index contributed by atoms with van der Waals surface area (Å²) < 4.78 is 47.9. The molecule has 0 bridgehead atoms. The highest BCUT2D eigenvalue weighted by molar-refractivity contribution is 8.06. The van der Waals surface area contributed by atoms with Gasteiger partial charge in [0.25, 0.3) is 0 Å². The average Bonchev–Trinajstić information content (AvgIpc) is 2.87. The SMILES string of the molecule is COC(=O)/C(=C1\OC(c2ccccc2)=CS1)C(F)(F)F. The van der Waals surface area contributed by atoms with Gasteiger partial charge in [-0.05, 0) is 0 Å². The van der Waals surface area contributed by atoms with Gasteiger partial charge in [0.15, 0.2) is 10.7 Å². The number of methoxy groups -OCH3 is 1. The van der Waals surface area contributed by atoms with E-state index in [1.807, 2.05) is 0 Å². The van der Waals surface area contributed by atoms with Crippen molar-refractivity contribution >= 4 is 23.5 Å². The van der Waals surface area contributed by atoms with Crippen molar-refractivity contribution in [2.24, 2.45) is 0 Å². The first-order valence-electron chi connectivity index (χ1n) is 5.43. The quantitative estimate of drug-likeness (QED) is 0.616. The molecule has 0 saturated heterocycles. The van der Waals surface area contributed by atoms with Crippen molar-refractivity contribution in [2.45, 2.75) is 6.18 Å². The molecule has 1 aliphatic heterocycles. The number of ether oxygens (including phenoxy) is 2. The van der Waals surface area contributed by atoms with Gasteiger partial charge in [0, 0.05) is 11.0 Å². The molecule has 0 saturated carbocycles. The van der Waals surface area contributed by atoms with Crippen molar-refractivity contribution in [3.05, 3.63) is 52.0 Å². The minimum absolute atomic E-state index is 0.260. The molecule has 20 heavy (non-hydrogen) atoms. The van der Waals surface area contributed by atoms with E-state index in [1.165, 1.54) is 5.41 Å². The number of hydrogen-bond donors (Lipinski definition) is 0. The highest BCUT2D eigenvalue weighted by atomic mass is 32.2. The van der Waals surface area contributed by atoms with Crippen LogP contribution in [0.15, 0.2) is 46.4 Å². The number of alkyl halides is 3. The molecule has 7 heteroatoms. The number of rotatable bonds is 2. The molecule has 2 rings (SSSR count). The van der Waals surface area contributed by atoms with Gasteiger partial charge >= 0.3 is 12.1 Å². The molecule has 0 aliphatic carbocycles. The molecule has 0 fully saturated rings. The minimum atomic E-state index is -4.84. The Balaban J connectivity index is 2.32. The zero-order valence-electron chi connectivity index (χ0n) is 10.2. The summed E-state index contributed by atoms with van der Waals surface area (Å²) in [7, 11) is 0.889. The fourth-order valence-electron chi connectivity index (χ4n) is 1.51. The number of hydrogen-bond acceptors (Lipinski definition) is 4. The van der Waals surface area contributed by atoms with E-state index in [1.54, 1.807) is 30.3 Å². The van der Waals surface area contributed by atoms with Gasteiger partial charge in [-0.3, -0.25) is 0 Å². The van der Waals surface area contributed by atoms with E-state index in [4.69, 9.17) is 4.74 Å². The van der Waals surface area contributed by atoms with Crippen molar-refractivity contribution in [3.63, 3.8) is 0 Å². The van der Waals surface area contributed by atoms with Gasteiger partial charge in [0.1, 0.15) is 5.76 Å². The van der Waals surface area contributed by atoms with E-state index in [2.05, 4.69) is 4.74 Å². The van der Waals surface area contributed by atoms with Crippen LogP contribution < -0.4 is 0 Å².